The maximum absolute atomic E-state index is 12.0. The number of alkyl halides is 3. The Hall–Kier alpha value is -0.690. The summed E-state index contributed by atoms with van der Waals surface area (Å²) in [4.78, 5) is 3.97. The van der Waals surface area contributed by atoms with Crippen molar-refractivity contribution in [3.05, 3.63) is 18.2 Å². The van der Waals surface area contributed by atoms with Crippen LogP contribution < -0.4 is 5.32 Å². The van der Waals surface area contributed by atoms with Crippen molar-refractivity contribution >= 4 is 11.8 Å². The number of aromatic nitrogens is 2. The highest BCUT2D eigenvalue weighted by atomic mass is 32.2. The van der Waals surface area contributed by atoms with E-state index in [1.165, 1.54) is 0 Å². The van der Waals surface area contributed by atoms with Crippen LogP contribution in [-0.2, 0) is 13.1 Å². The van der Waals surface area contributed by atoms with Gasteiger partial charge in [-0.25, -0.2) is 4.98 Å². The summed E-state index contributed by atoms with van der Waals surface area (Å²) in [7, 11) is 0. The van der Waals surface area contributed by atoms with Crippen LogP contribution in [0.15, 0.2) is 12.5 Å². The van der Waals surface area contributed by atoms with Gasteiger partial charge in [0.1, 0.15) is 0 Å². The molecular formula is C11H18F3N3S. The molecule has 0 amide bonds. The first-order valence-corrected chi connectivity index (χ1v) is 6.61. The zero-order chi connectivity index (χ0) is 13.8. The fraction of sp³-hybridized carbons (Fsp3) is 0.727. The van der Waals surface area contributed by atoms with Gasteiger partial charge in [0.05, 0.1) is 12.0 Å². The van der Waals surface area contributed by atoms with E-state index < -0.39 is 5.51 Å². The molecule has 1 aromatic heterocycles. The van der Waals surface area contributed by atoms with Gasteiger partial charge in [0.15, 0.2) is 0 Å². The summed E-state index contributed by atoms with van der Waals surface area (Å²) in [5, 5.41) is 3.28. The maximum Gasteiger partial charge on any atom is 0.441 e. The number of hydrogen-bond acceptors (Lipinski definition) is 3. The van der Waals surface area contributed by atoms with Crippen molar-refractivity contribution < 1.29 is 13.2 Å². The number of hydrogen-bond donors (Lipinski definition) is 1. The second kappa shape index (κ2) is 5.97. The predicted molar refractivity (Wildman–Crippen MR) is 67.3 cm³/mol. The van der Waals surface area contributed by atoms with E-state index in [4.69, 9.17) is 0 Å². The molecule has 0 atom stereocenters. The SMILES string of the molecule is CC(C)(C)NCc1cncn1CCSC(F)(F)F. The van der Waals surface area contributed by atoms with E-state index in [0.29, 0.717) is 13.1 Å². The summed E-state index contributed by atoms with van der Waals surface area (Å²) < 4.78 is 37.8. The molecule has 1 heterocycles. The molecule has 0 unspecified atom stereocenters. The van der Waals surface area contributed by atoms with Crippen molar-refractivity contribution in [1.29, 1.82) is 0 Å². The summed E-state index contributed by atoms with van der Waals surface area (Å²) in [6, 6.07) is 0. The molecule has 0 radical (unpaired) electrons. The number of thioether (sulfide) groups is 1. The maximum atomic E-state index is 12.0. The largest absolute Gasteiger partial charge is 0.441 e. The lowest BCUT2D eigenvalue weighted by atomic mass is 10.1. The molecule has 0 saturated heterocycles. The molecule has 0 spiro atoms. The minimum absolute atomic E-state index is 0.00236. The molecule has 0 fully saturated rings. The van der Waals surface area contributed by atoms with Crippen molar-refractivity contribution in [1.82, 2.24) is 14.9 Å². The van der Waals surface area contributed by atoms with Crippen molar-refractivity contribution in [3.8, 4) is 0 Å². The molecule has 18 heavy (non-hydrogen) atoms. The quantitative estimate of drug-likeness (QED) is 0.899. The van der Waals surface area contributed by atoms with Crippen LogP contribution >= 0.6 is 11.8 Å². The van der Waals surface area contributed by atoms with E-state index in [2.05, 4.69) is 10.3 Å². The predicted octanol–water partition coefficient (Wildman–Crippen LogP) is 3.02. The lowest BCUT2D eigenvalue weighted by Gasteiger charge is -2.21. The fourth-order valence-corrected chi connectivity index (χ4v) is 1.83. The second-order valence-electron chi connectivity index (χ2n) is 4.98. The van der Waals surface area contributed by atoms with E-state index >= 15 is 0 Å². The Labute approximate surface area is 109 Å². The molecule has 104 valence electrons. The third kappa shape index (κ3) is 6.30. The summed E-state index contributed by atoms with van der Waals surface area (Å²) in [6.45, 7) is 7.01. The first kappa shape index (κ1) is 15.4. The van der Waals surface area contributed by atoms with E-state index in [9.17, 15) is 13.2 Å². The lowest BCUT2D eigenvalue weighted by Crippen LogP contribution is -2.35. The van der Waals surface area contributed by atoms with E-state index in [-0.39, 0.29) is 23.1 Å². The zero-order valence-corrected chi connectivity index (χ0v) is 11.5. The smallest absolute Gasteiger partial charge is 0.333 e. The third-order valence-electron chi connectivity index (χ3n) is 2.20. The topological polar surface area (TPSA) is 29.9 Å². The molecule has 0 bridgehead atoms. The van der Waals surface area contributed by atoms with E-state index in [1.54, 1.807) is 17.1 Å². The van der Waals surface area contributed by atoms with Crippen molar-refractivity contribution in [2.75, 3.05) is 5.75 Å². The highest BCUT2D eigenvalue weighted by Gasteiger charge is 2.27. The fourth-order valence-electron chi connectivity index (χ4n) is 1.31. The minimum Gasteiger partial charge on any atom is -0.333 e. The Morgan fingerprint density at radius 3 is 2.56 bits per heavy atom. The number of aryl methyl sites for hydroxylation is 1. The molecule has 0 saturated carbocycles. The van der Waals surface area contributed by atoms with Gasteiger partial charge < -0.3 is 9.88 Å². The van der Waals surface area contributed by atoms with Crippen LogP contribution in [0, 0.1) is 0 Å². The first-order valence-electron chi connectivity index (χ1n) is 5.62. The van der Waals surface area contributed by atoms with E-state index in [1.807, 2.05) is 20.8 Å². The normalized spacial score (nSPS) is 13.0. The molecule has 0 aliphatic carbocycles. The molecule has 7 heteroatoms. The highest BCUT2D eigenvalue weighted by molar-refractivity contribution is 8.00. The average Bonchev–Trinajstić information content (AvgIpc) is 2.59. The van der Waals surface area contributed by atoms with Gasteiger partial charge in [-0.15, -0.1) is 0 Å². The number of rotatable bonds is 5. The van der Waals surface area contributed by atoms with Gasteiger partial charge in [-0.3, -0.25) is 0 Å². The Bertz CT molecular complexity index is 368. The van der Waals surface area contributed by atoms with Gasteiger partial charge in [-0.05, 0) is 32.5 Å². The summed E-state index contributed by atoms with van der Waals surface area (Å²) in [6.07, 6.45) is 3.24. The first-order chi connectivity index (χ1) is 8.17. The van der Waals surface area contributed by atoms with Gasteiger partial charge in [-0.1, -0.05) is 0 Å². The summed E-state index contributed by atoms with van der Waals surface area (Å²) in [5.74, 6) is 0.00236. The number of halogens is 3. The van der Waals surface area contributed by atoms with Crippen LogP contribution in [0.2, 0.25) is 0 Å². The standard InChI is InChI=1S/C11H18F3N3S/c1-10(2,3)16-7-9-6-15-8-17(9)4-5-18-11(12,13)14/h6,8,16H,4-5,7H2,1-3H3. The van der Waals surface area contributed by atoms with E-state index in [0.717, 1.165) is 5.69 Å². The molecule has 1 rings (SSSR count). The molecule has 0 aromatic carbocycles. The van der Waals surface area contributed by atoms with Gasteiger partial charge in [0.2, 0.25) is 0 Å². The molecule has 0 aliphatic heterocycles. The number of nitrogens with zero attached hydrogens (tertiary/aromatic N) is 2. The van der Waals surface area contributed by atoms with Gasteiger partial charge >= 0.3 is 5.51 Å². The average molecular weight is 281 g/mol. The highest BCUT2D eigenvalue weighted by Crippen LogP contribution is 2.30. The summed E-state index contributed by atoms with van der Waals surface area (Å²) >= 11 is -0.00488. The Morgan fingerprint density at radius 1 is 1.33 bits per heavy atom. The molecular weight excluding hydrogens is 263 g/mol. The minimum atomic E-state index is -4.16. The number of nitrogens with one attached hydrogen (secondary N) is 1. The molecule has 3 nitrogen and oxygen atoms in total. The van der Waals surface area contributed by atoms with Crippen LogP contribution in [0.4, 0.5) is 13.2 Å². The Kier molecular flexibility index (Phi) is 5.10. The molecule has 0 aliphatic rings. The zero-order valence-electron chi connectivity index (χ0n) is 10.7. The summed E-state index contributed by atoms with van der Waals surface area (Å²) in [5.41, 5.74) is -3.30. The van der Waals surface area contributed by atoms with Crippen molar-refractivity contribution in [2.45, 2.75) is 44.9 Å². The van der Waals surface area contributed by atoms with Crippen molar-refractivity contribution in [3.63, 3.8) is 0 Å². The monoisotopic (exact) mass is 281 g/mol. The van der Waals surface area contributed by atoms with Gasteiger partial charge in [0.25, 0.3) is 0 Å². The second-order valence-corrected chi connectivity index (χ2v) is 6.14. The Balaban J connectivity index is 2.45. The molecule has 1 aromatic rings. The van der Waals surface area contributed by atoms with Crippen LogP contribution in [0.5, 0.6) is 0 Å². The third-order valence-corrected chi connectivity index (χ3v) is 2.91. The number of imidazole rings is 1. The lowest BCUT2D eigenvalue weighted by molar-refractivity contribution is -0.0328. The Morgan fingerprint density at radius 2 is 2.00 bits per heavy atom. The van der Waals surface area contributed by atoms with Crippen LogP contribution in [0.1, 0.15) is 26.5 Å². The van der Waals surface area contributed by atoms with Crippen molar-refractivity contribution in [2.24, 2.45) is 0 Å². The van der Waals surface area contributed by atoms with Crippen LogP contribution in [0.25, 0.3) is 0 Å². The van der Waals surface area contributed by atoms with Crippen LogP contribution in [-0.4, -0.2) is 26.4 Å². The van der Waals surface area contributed by atoms with Gasteiger partial charge in [0, 0.05) is 30.6 Å². The molecule has 1 N–H and O–H groups in total. The van der Waals surface area contributed by atoms with Crippen LogP contribution in [0.3, 0.4) is 0 Å². The van der Waals surface area contributed by atoms with Gasteiger partial charge in [-0.2, -0.15) is 13.2 Å².